The van der Waals surface area contributed by atoms with Gasteiger partial charge in [-0.25, -0.2) is 0 Å². The molecule has 2 fully saturated rings. The van der Waals surface area contributed by atoms with Crippen molar-refractivity contribution < 1.29 is 19.4 Å². The maximum absolute atomic E-state index is 12.3. The van der Waals surface area contributed by atoms with E-state index in [1.165, 1.54) is 0 Å². The molecule has 5 nitrogen and oxygen atoms in total. The van der Waals surface area contributed by atoms with Crippen molar-refractivity contribution in [3.05, 3.63) is 0 Å². The summed E-state index contributed by atoms with van der Waals surface area (Å²) in [5, 5.41) is 12.1. The highest BCUT2D eigenvalue weighted by Crippen LogP contribution is 2.28. The smallest absolute Gasteiger partial charge is 0.306 e. The third kappa shape index (κ3) is 3.72. The van der Waals surface area contributed by atoms with Gasteiger partial charge in [-0.15, -0.1) is 0 Å². The van der Waals surface area contributed by atoms with Gasteiger partial charge in [0.1, 0.15) is 0 Å². The van der Waals surface area contributed by atoms with Crippen molar-refractivity contribution in [2.75, 3.05) is 7.11 Å². The number of aliphatic carboxylic acids is 1. The van der Waals surface area contributed by atoms with Crippen LogP contribution in [0, 0.1) is 11.8 Å². The van der Waals surface area contributed by atoms with Crippen molar-refractivity contribution in [2.45, 2.75) is 63.5 Å². The van der Waals surface area contributed by atoms with Gasteiger partial charge in [0.2, 0.25) is 5.91 Å². The van der Waals surface area contributed by atoms with Crippen molar-refractivity contribution in [3.8, 4) is 0 Å². The molecule has 0 radical (unpaired) electrons. The highest BCUT2D eigenvalue weighted by atomic mass is 16.5. The fourth-order valence-corrected chi connectivity index (χ4v) is 3.47. The van der Waals surface area contributed by atoms with Crippen LogP contribution >= 0.6 is 0 Å². The Morgan fingerprint density at radius 2 is 1.70 bits per heavy atom. The number of nitrogens with one attached hydrogen (secondary N) is 1. The second-order valence-corrected chi connectivity index (χ2v) is 6.06. The zero-order valence-corrected chi connectivity index (χ0v) is 12.1. The summed E-state index contributed by atoms with van der Waals surface area (Å²) in [6, 6.07) is 0.137. The molecule has 0 aliphatic heterocycles. The minimum Gasteiger partial charge on any atom is -0.481 e. The van der Waals surface area contributed by atoms with E-state index >= 15 is 0 Å². The van der Waals surface area contributed by atoms with Gasteiger partial charge in [-0.1, -0.05) is 12.8 Å². The standard InChI is InChI=1S/C15H25NO4/c1-20-13-5-3-2-4-12(13)14(17)16-11-8-6-10(7-9-11)15(18)19/h10-13H,2-9H2,1H3,(H,16,17)(H,18,19). The molecule has 0 aromatic rings. The lowest BCUT2D eigenvalue weighted by Gasteiger charge is -2.32. The van der Waals surface area contributed by atoms with Crippen LogP contribution in [0.5, 0.6) is 0 Å². The maximum Gasteiger partial charge on any atom is 0.306 e. The highest BCUT2D eigenvalue weighted by Gasteiger charge is 2.33. The van der Waals surface area contributed by atoms with E-state index < -0.39 is 5.97 Å². The molecule has 2 N–H and O–H groups in total. The van der Waals surface area contributed by atoms with Crippen molar-refractivity contribution in [3.63, 3.8) is 0 Å². The molecule has 2 saturated carbocycles. The van der Waals surface area contributed by atoms with Gasteiger partial charge in [0, 0.05) is 13.2 Å². The number of carboxylic acids is 1. The fraction of sp³-hybridized carbons (Fsp3) is 0.867. The van der Waals surface area contributed by atoms with Gasteiger partial charge in [0.25, 0.3) is 0 Å². The van der Waals surface area contributed by atoms with Crippen molar-refractivity contribution in [2.24, 2.45) is 11.8 Å². The van der Waals surface area contributed by atoms with E-state index in [1.54, 1.807) is 7.11 Å². The van der Waals surface area contributed by atoms with Gasteiger partial charge >= 0.3 is 5.97 Å². The summed E-state index contributed by atoms with van der Waals surface area (Å²) in [6.07, 6.45) is 6.99. The van der Waals surface area contributed by atoms with Crippen molar-refractivity contribution in [1.82, 2.24) is 5.32 Å². The first kappa shape index (κ1) is 15.3. The average molecular weight is 283 g/mol. The van der Waals surface area contributed by atoms with Crippen LogP contribution in [0.25, 0.3) is 0 Å². The number of carbonyl (C=O) groups is 2. The molecular weight excluding hydrogens is 258 g/mol. The predicted molar refractivity (Wildman–Crippen MR) is 74.3 cm³/mol. The van der Waals surface area contributed by atoms with Gasteiger partial charge in [-0.3, -0.25) is 9.59 Å². The Kier molecular flexibility index (Phi) is 5.40. The highest BCUT2D eigenvalue weighted by molar-refractivity contribution is 5.79. The molecule has 0 bridgehead atoms. The van der Waals surface area contributed by atoms with Crippen molar-refractivity contribution in [1.29, 1.82) is 0 Å². The number of methoxy groups -OCH3 is 1. The number of carboxylic acid groups (broad SMARTS) is 1. The third-order valence-electron chi connectivity index (χ3n) is 4.76. The molecule has 2 rings (SSSR count). The second-order valence-electron chi connectivity index (χ2n) is 6.06. The summed E-state index contributed by atoms with van der Waals surface area (Å²) >= 11 is 0. The second kappa shape index (κ2) is 7.07. The van der Waals surface area contributed by atoms with E-state index in [0.29, 0.717) is 12.8 Å². The van der Waals surface area contributed by atoms with Gasteiger partial charge in [-0.2, -0.15) is 0 Å². The summed E-state index contributed by atoms with van der Waals surface area (Å²) in [5.74, 6) is -0.882. The molecule has 0 spiro atoms. The Morgan fingerprint density at radius 3 is 2.30 bits per heavy atom. The topological polar surface area (TPSA) is 75.6 Å². The van der Waals surface area contributed by atoms with Crippen molar-refractivity contribution >= 4 is 11.9 Å². The average Bonchev–Trinajstić information content (AvgIpc) is 2.47. The number of hydrogen-bond donors (Lipinski definition) is 2. The third-order valence-corrected chi connectivity index (χ3v) is 4.76. The number of carbonyl (C=O) groups excluding carboxylic acids is 1. The Balaban J connectivity index is 1.81. The minimum absolute atomic E-state index is 0.0362. The monoisotopic (exact) mass is 283 g/mol. The number of rotatable bonds is 4. The first-order chi connectivity index (χ1) is 9.61. The van der Waals surface area contributed by atoms with Gasteiger partial charge in [-0.05, 0) is 38.5 Å². The maximum atomic E-state index is 12.3. The summed E-state index contributed by atoms with van der Waals surface area (Å²) in [4.78, 5) is 23.3. The SMILES string of the molecule is COC1CCCCC1C(=O)NC1CCC(C(=O)O)CC1. The lowest BCUT2D eigenvalue weighted by atomic mass is 9.83. The van der Waals surface area contributed by atoms with Gasteiger partial charge in [0.05, 0.1) is 17.9 Å². The molecule has 2 atom stereocenters. The van der Waals surface area contributed by atoms with Crippen LogP contribution in [0.3, 0.4) is 0 Å². The minimum atomic E-state index is -0.707. The van der Waals surface area contributed by atoms with Gasteiger partial charge in [0.15, 0.2) is 0 Å². The van der Waals surface area contributed by atoms with E-state index in [4.69, 9.17) is 9.84 Å². The zero-order valence-electron chi connectivity index (χ0n) is 12.1. The molecule has 0 aromatic carbocycles. The number of ether oxygens (including phenoxy) is 1. The number of amides is 1. The zero-order chi connectivity index (χ0) is 14.5. The molecule has 5 heteroatoms. The van der Waals surface area contributed by atoms with Crippen LogP contribution in [0.4, 0.5) is 0 Å². The van der Waals surface area contributed by atoms with Crippen LogP contribution < -0.4 is 5.32 Å². The molecule has 20 heavy (non-hydrogen) atoms. The largest absolute Gasteiger partial charge is 0.481 e. The van der Waals surface area contributed by atoms with E-state index in [0.717, 1.165) is 38.5 Å². The van der Waals surface area contributed by atoms with Crippen LogP contribution in [0.15, 0.2) is 0 Å². The Bertz CT molecular complexity index is 350. The molecule has 0 saturated heterocycles. The van der Waals surface area contributed by atoms with E-state index in [-0.39, 0.29) is 29.9 Å². The number of hydrogen-bond acceptors (Lipinski definition) is 3. The molecule has 0 aromatic heterocycles. The molecule has 2 aliphatic rings. The molecule has 1 amide bonds. The molecule has 2 unspecified atom stereocenters. The first-order valence-electron chi connectivity index (χ1n) is 7.67. The summed E-state index contributed by atoms with van der Waals surface area (Å²) in [6.45, 7) is 0. The first-order valence-corrected chi connectivity index (χ1v) is 7.67. The Labute approximate surface area is 120 Å². The van der Waals surface area contributed by atoms with Crippen LogP contribution in [-0.4, -0.2) is 36.2 Å². The lowest BCUT2D eigenvalue weighted by molar-refractivity contribution is -0.142. The quantitative estimate of drug-likeness (QED) is 0.827. The lowest BCUT2D eigenvalue weighted by Crippen LogP contribution is -2.46. The Hall–Kier alpha value is -1.10. The summed E-state index contributed by atoms with van der Waals surface area (Å²) in [5.41, 5.74) is 0. The van der Waals surface area contributed by atoms with E-state index in [1.807, 2.05) is 0 Å². The molecule has 0 heterocycles. The Morgan fingerprint density at radius 1 is 1.05 bits per heavy atom. The summed E-state index contributed by atoms with van der Waals surface area (Å²) in [7, 11) is 1.67. The van der Waals surface area contributed by atoms with Crippen LogP contribution in [-0.2, 0) is 14.3 Å². The van der Waals surface area contributed by atoms with Gasteiger partial charge < -0.3 is 15.2 Å². The fourth-order valence-electron chi connectivity index (χ4n) is 3.47. The predicted octanol–water partition coefficient (Wildman–Crippen LogP) is 1.95. The molecule has 114 valence electrons. The van der Waals surface area contributed by atoms with Crippen LogP contribution in [0.1, 0.15) is 51.4 Å². The van der Waals surface area contributed by atoms with E-state index in [9.17, 15) is 9.59 Å². The molecular formula is C15H25NO4. The summed E-state index contributed by atoms with van der Waals surface area (Å²) < 4.78 is 5.42. The van der Waals surface area contributed by atoms with E-state index in [2.05, 4.69) is 5.32 Å². The normalized spacial score (nSPS) is 34.5. The van der Waals surface area contributed by atoms with Crippen LogP contribution in [0.2, 0.25) is 0 Å². The molecule has 2 aliphatic carbocycles.